The number of rotatable bonds is 7. The summed E-state index contributed by atoms with van der Waals surface area (Å²) < 4.78 is 27.1. The molecule has 5 nitrogen and oxygen atoms in total. The van der Waals surface area contributed by atoms with Crippen molar-refractivity contribution in [1.82, 2.24) is 10.2 Å². The lowest BCUT2D eigenvalue weighted by molar-refractivity contribution is -0.113. The molecule has 0 saturated heterocycles. The number of anilines is 2. The Bertz CT molecular complexity index is 679. The van der Waals surface area contributed by atoms with Crippen molar-refractivity contribution in [3.05, 3.63) is 29.8 Å². The molecule has 1 heterocycles. The summed E-state index contributed by atoms with van der Waals surface area (Å²) in [5, 5.41) is 14.1. The van der Waals surface area contributed by atoms with Crippen molar-refractivity contribution < 1.29 is 13.6 Å². The van der Waals surface area contributed by atoms with Gasteiger partial charge in [-0.2, -0.15) is 0 Å². The van der Waals surface area contributed by atoms with Crippen LogP contribution in [0, 0.1) is 17.6 Å². The summed E-state index contributed by atoms with van der Waals surface area (Å²) in [7, 11) is 0. The number of hydrogen-bond donors (Lipinski definition) is 2. The van der Waals surface area contributed by atoms with E-state index in [0.717, 1.165) is 24.7 Å². The summed E-state index contributed by atoms with van der Waals surface area (Å²) >= 11 is 2.53. The zero-order valence-electron chi connectivity index (χ0n) is 12.6. The third kappa shape index (κ3) is 5.76. The molecule has 1 aromatic carbocycles. The van der Waals surface area contributed by atoms with Gasteiger partial charge in [-0.05, 0) is 18.1 Å². The second-order valence-electron chi connectivity index (χ2n) is 5.11. The predicted molar refractivity (Wildman–Crippen MR) is 88.9 cm³/mol. The van der Waals surface area contributed by atoms with Crippen LogP contribution in [0.2, 0.25) is 0 Å². The lowest BCUT2D eigenvalue weighted by atomic mass is 10.2. The van der Waals surface area contributed by atoms with Gasteiger partial charge in [-0.25, -0.2) is 8.78 Å². The van der Waals surface area contributed by atoms with Crippen LogP contribution in [0.4, 0.5) is 19.6 Å². The maximum absolute atomic E-state index is 13.4. The van der Waals surface area contributed by atoms with Crippen LogP contribution in [0.3, 0.4) is 0 Å². The highest BCUT2D eigenvalue weighted by atomic mass is 32.2. The van der Waals surface area contributed by atoms with E-state index in [1.165, 1.54) is 23.1 Å². The van der Waals surface area contributed by atoms with Crippen LogP contribution in [-0.4, -0.2) is 28.4 Å². The number of aromatic nitrogens is 2. The maximum atomic E-state index is 13.4. The first kappa shape index (κ1) is 17.6. The van der Waals surface area contributed by atoms with Crippen LogP contribution in [0.15, 0.2) is 22.5 Å². The molecule has 2 rings (SSSR count). The molecular formula is C14H16F2N4OS2. The third-order valence-electron chi connectivity index (χ3n) is 2.60. The number of nitrogens with zero attached hydrogens (tertiary/aromatic N) is 2. The van der Waals surface area contributed by atoms with Crippen LogP contribution in [0.5, 0.6) is 0 Å². The van der Waals surface area contributed by atoms with Gasteiger partial charge in [-0.1, -0.05) is 36.9 Å². The molecule has 124 valence electrons. The SMILES string of the molecule is CC(C)CNc1nnc(SCC(=O)Nc2cc(F)ccc2F)s1. The van der Waals surface area contributed by atoms with Crippen molar-refractivity contribution in [2.75, 3.05) is 22.9 Å². The van der Waals surface area contributed by atoms with E-state index in [-0.39, 0.29) is 11.4 Å². The number of thioether (sulfide) groups is 1. The number of amides is 1. The molecular weight excluding hydrogens is 342 g/mol. The van der Waals surface area contributed by atoms with E-state index in [1.807, 2.05) is 0 Å². The highest BCUT2D eigenvalue weighted by molar-refractivity contribution is 8.01. The number of hydrogen-bond acceptors (Lipinski definition) is 6. The van der Waals surface area contributed by atoms with E-state index in [4.69, 9.17) is 0 Å². The summed E-state index contributed by atoms with van der Waals surface area (Å²) in [6.45, 7) is 4.96. The quantitative estimate of drug-likeness (QED) is 0.740. The van der Waals surface area contributed by atoms with Crippen molar-refractivity contribution >= 4 is 39.8 Å². The van der Waals surface area contributed by atoms with Crippen LogP contribution in [0.1, 0.15) is 13.8 Å². The van der Waals surface area contributed by atoms with E-state index < -0.39 is 17.5 Å². The number of nitrogens with one attached hydrogen (secondary N) is 2. The Morgan fingerprint density at radius 1 is 1.35 bits per heavy atom. The highest BCUT2D eigenvalue weighted by Gasteiger charge is 2.11. The average Bonchev–Trinajstić information content (AvgIpc) is 2.95. The molecule has 0 bridgehead atoms. The fourth-order valence-corrected chi connectivity index (χ4v) is 3.10. The van der Waals surface area contributed by atoms with E-state index in [9.17, 15) is 13.6 Å². The first-order valence-electron chi connectivity index (χ1n) is 6.89. The highest BCUT2D eigenvalue weighted by Crippen LogP contribution is 2.26. The molecule has 9 heteroatoms. The standard InChI is InChI=1S/C14H16F2N4OS2/c1-8(2)6-17-13-19-20-14(23-13)22-7-12(21)18-11-5-9(15)3-4-10(11)16/h3-5,8H,6-7H2,1-2H3,(H,17,19)(H,18,21). The molecule has 0 aliphatic carbocycles. The zero-order chi connectivity index (χ0) is 16.8. The number of carbonyl (C=O) groups is 1. The zero-order valence-corrected chi connectivity index (χ0v) is 14.2. The Morgan fingerprint density at radius 2 is 2.13 bits per heavy atom. The van der Waals surface area contributed by atoms with Gasteiger partial charge in [-0.3, -0.25) is 4.79 Å². The van der Waals surface area contributed by atoms with Crippen LogP contribution in [-0.2, 0) is 4.79 Å². The van der Waals surface area contributed by atoms with Crippen LogP contribution >= 0.6 is 23.1 Å². The molecule has 0 radical (unpaired) electrons. The molecule has 23 heavy (non-hydrogen) atoms. The Balaban J connectivity index is 1.83. The normalized spacial score (nSPS) is 10.8. The van der Waals surface area contributed by atoms with Crippen LogP contribution < -0.4 is 10.6 Å². The first-order chi connectivity index (χ1) is 10.9. The largest absolute Gasteiger partial charge is 0.360 e. The molecule has 0 aliphatic rings. The molecule has 0 saturated carbocycles. The Labute approximate surface area is 140 Å². The Hall–Kier alpha value is -1.74. The number of halogens is 2. The molecule has 1 amide bonds. The van der Waals surface area contributed by atoms with Crippen molar-refractivity contribution in [2.24, 2.45) is 5.92 Å². The molecule has 2 aromatic rings. The molecule has 2 N–H and O–H groups in total. The molecule has 0 unspecified atom stereocenters. The first-order valence-corrected chi connectivity index (χ1v) is 8.69. The van der Waals surface area contributed by atoms with Gasteiger partial charge < -0.3 is 10.6 Å². The third-order valence-corrected chi connectivity index (χ3v) is 4.61. The molecule has 0 fully saturated rings. The fourth-order valence-electron chi connectivity index (χ4n) is 1.54. The molecule has 1 aromatic heterocycles. The molecule has 0 aliphatic heterocycles. The summed E-state index contributed by atoms with van der Waals surface area (Å²) in [4.78, 5) is 11.8. The van der Waals surface area contributed by atoms with Gasteiger partial charge in [0.1, 0.15) is 11.6 Å². The van der Waals surface area contributed by atoms with Crippen molar-refractivity contribution in [3.63, 3.8) is 0 Å². The smallest absolute Gasteiger partial charge is 0.234 e. The fraction of sp³-hybridized carbons (Fsp3) is 0.357. The summed E-state index contributed by atoms with van der Waals surface area (Å²) in [5.41, 5.74) is -0.174. The van der Waals surface area contributed by atoms with Crippen molar-refractivity contribution in [3.8, 4) is 0 Å². The molecule has 0 atom stereocenters. The number of benzene rings is 1. The summed E-state index contributed by atoms with van der Waals surface area (Å²) in [6.07, 6.45) is 0. The van der Waals surface area contributed by atoms with E-state index in [2.05, 4.69) is 34.7 Å². The van der Waals surface area contributed by atoms with Gasteiger partial charge in [-0.15, -0.1) is 10.2 Å². The monoisotopic (exact) mass is 358 g/mol. The number of carbonyl (C=O) groups excluding carboxylic acids is 1. The summed E-state index contributed by atoms with van der Waals surface area (Å²) in [5.74, 6) is -1.21. The average molecular weight is 358 g/mol. The van der Waals surface area contributed by atoms with Crippen molar-refractivity contribution in [1.29, 1.82) is 0 Å². The maximum Gasteiger partial charge on any atom is 0.234 e. The van der Waals surface area contributed by atoms with E-state index in [1.54, 1.807) is 0 Å². The molecule has 0 spiro atoms. The van der Waals surface area contributed by atoms with Gasteiger partial charge in [0.25, 0.3) is 0 Å². The minimum Gasteiger partial charge on any atom is -0.360 e. The van der Waals surface area contributed by atoms with E-state index in [0.29, 0.717) is 15.4 Å². The Morgan fingerprint density at radius 3 is 2.87 bits per heavy atom. The van der Waals surface area contributed by atoms with E-state index >= 15 is 0 Å². The topological polar surface area (TPSA) is 66.9 Å². The van der Waals surface area contributed by atoms with Gasteiger partial charge in [0.05, 0.1) is 11.4 Å². The minimum absolute atomic E-state index is 0.0365. The van der Waals surface area contributed by atoms with Gasteiger partial charge in [0.15, 0.2) is 4.34 Å². The van der Waals surface area contributed by atoms with Crippen LogP contribution in [0.25, 0.3) is 0 Å². The van der Waals surface area contributed by atoms with Crippen molar-refractivity contribution in [2.45, 2.75) is 18.2 Å². The second-order valence-corrected chi connectivity index (χ2v) is 7.31. The van der Waals surface area contributed by atoms with Gasteiger partial charge in [0.2, 0.25) is 11.0 Å². The Kier molecular flexibility index (Phi) is 6.28. The lowest BCUT2D eigenvalue weighted by Crippen LogP contribution is -2.15. The minimum atomic E-state index is -0.680. The lowest BCUT2D eigenvalue weighted by Gasteiger charge is -2.05. The predicted octanol–water partition coefficient (Wildman–Crippen LogP) is 3.62. The van der Waals surface area contributed by atoms with Gasteiger partial charge in [0, 0.05) is 12.6 Å². The summed E-state index contributed by atoms with van der Waals surface area (Å²) in [6, 6.07) is 2.90. The second kappa shape index (κ2) is 8.21. The van der Waals surface area contributed by atoms with Gasteiger partial charge >= 0.3 is 0 Å².